The van der Waals surface area contributed by atoms with Crippen LogP contribution in [0.2, 0.25) is 0 Å². The highest BCUT2D eigenvalue weighted by Gasteiger charge is 2.26. The maximum absolute atomic E-state index is 11.8. The van der Waals surface area contributed by atoms with E-state index in [-0.39, 0.29) is 12.0 Å². The summed E-state index contributed by atoms with van der Waals surface area (Å²) in [6.45, 7) is 6.27. The molecule has 0 spiro atoms. The van der Waals surface area contributed by atoms with Crippen LogP contribution in [0.15, 0.2) is 0 Å². The zero-order valence-corrected chi connectivity index (χ0v) is 8.97. The summed E-state index contributed by atoms with van der Waals surface area (Å²) in [5.41, 5.74) is 0. The lowest BCUT2D eigenvalue weighted by Crippen LogP contribution is -2.47. The molecule has 1 aliphatic rings. The molecule has 76 valence electrons. The molecule has 1 rings (SSSR count). The van der Waals surface area contributed by atoms with Crippen LogP contribution in [0.4, 0.5) is 0 Å². The zero-order chi connectivity index (χ0) is 9.84. The second kappa shape index (κ2) is 4.75. The quantitative estimate of drug-likeness (QED) is 0.726. The average molecular weight is 183 g/mol. The first-order valence-corrected chi connectivity index (χ1v) is 5.45. The minimum atomic E-state index is 0.138. The van der Waals surface area contributed by atoms with Gasteiger partial charge < -0.3 is 5.32 Å². The number of hydrogen-bond acceptors (Lipinski definition) is 2. The highest BCUT2D eigenvalue weighted by molar-refractivity contribution is 5.86. The minimum Gasteiger partial charge on any atom is -0.305 e. The normalized spacial score (nSPS) is 31.3. The predicted octanol–water partition coefficient (Wildman–Crippen LogP) is 2.13. The van der Waals surface area contributed by atoms with Crippen molar-refractivity contribution in [2.45, 2.75) is 58.5 Å². The summed E-state index contributed by atoms with van der Waals surface area (Å²) in [5, 5.41) is 3.38. The number of carbonyl (C=O) groups excluding carboxylic acids is 1. The Morgan fingerprint density at radius 1 is 1.54 bits per heavy atom. The molecule has 2 nitrogen and oxygen atoms in total. The zero-order valence-electron chi connectivity index (χ0n) is 8.97. The molecule has 1 fully saturated rings. The van der Waals surface area contributed by atoms with Gasteiger partial charge in [0.1, 0.15) is 0 Å². The van der Waals surface area contributed by atoms with Gasteiger partial charge in [-0.3, -0.25) is 4.79 Å². The SMILES string of the molecule is CCC(C)C(=O)C1CCCC(C)N1. The molecule has 0 aromatic heterocycles. The Kier molecular flexibility index (Phi) is 3.91. The van der Waals surface area contributed by atoms with E-state index < -0.39 is 0 Å². The van der Waals surface area contributed by atoms with E-state index in [0.717, 1.165) is 12.8 Å². The molecule has 0 amide bonds. The van der Waals surface area contributed by atoms with Crippen LogP contribution >= 0.6 is 0 Å². The smallest absolute Gasteiger partial charge is 0.152 e. The minimum absolute atomic E-state index is 0.138. The molecule has 0 aliphatic carbocycles. The summed E-state index contributed by atoms with van der Waals surface area (Å²) in [4.78, 5) is 11.8. The summed E-state index contributed by atoms with van der Waals surface area (Å²) in [7, 11) is 0. The topological polar surface area (TPSA) is 29.1 Å². The maximum Gasteiger partial charge on any atom is 0.152 e. The van der Waals surface area contributed by atoms with E-state index in [1.807, 2.05) is 6.92 Å². The molecule has 1 saturated heterocycles. The van der Waals surface area contributed by atoms with Crippen molar-refractivity contribution in [3.8, 4) is 0 Å². The summed E-state index contributed by atoms with van der Waals surface area (Å²) in [5.74, 6) is 0.636. The first-order valence-electron chi connectivity index (χ1n) is 5.45. The van der Waals surface area contributed by atoms with Gasteiger partial charge in [-0.05, 0) is 32.6 Å². The molecule has 0 saturated carbocycles. The van der Waals surface area contributed by atoms with Crippen molar-refractivity contribution in [1.82, 2.24) is 5.32 Å². The van der Waals surface area contributed by atoms with E-state index in [0.29, 0.717) is 11.8 Å². The third-order valence-electron chi connectivity index (χ3n) is 3.06. The van der Waals surface area contributed by atoms with E-state index in [9.17, 15) is 4.79 Å². The largest absolute Gasteiger partial charge is 0.305 e. The van der Waals surface area contributed by atoms with Gasteiger partial charge in [0.15, 0.2) is 5.78 Å². The molecule has 1 aliphatic heterocycles. The first kappa shape index (κ1) is 10.7. The van der Waals surface area contributed by atoms with E-state index in [4.69, 9.17) is 0 Å². The van der Waals surface area contributed by atoms with Gasteiger partial charge in [0.2, 0.25) is 0 Å². The highest BCUT2D eigenvalue weighted by Crippen LogP contribution is 2.16. The van der Waals surface area contributed by atoms with E-state index >= 15 is 0 Å². The number of rotatable bonds is 3. The second-order valence-corrected chi connectivity index (χ2v) is 4.26. The van der Waals surface area contributed by atoms with Crippen LogP contribution in [0.5, 0.6) is 0 Å². The summed E-state index contributed by atoms with van der Waals surface area (Å²) >= 11 is 0. The van der Waals surface area contributed by atoms with Gasteiger partial charge in [-0.1, -0.05) is 13.8 Å². The lowest BCUT2D eigenvalue weighted by atomic mass is 9.90. The molecule has 1 heterocycles. The Morgan fingerprint density at radius 2 is 2.23 bits per heavy atom. The van der Waals surface area contributed by atoms with Crippen molar-refractivity contribution in [2.75, 3.05) is 0 Å². The fourth-order valence-electron chi connectivity index (χ4n) is 1.91. The van der Waals surface area contributed by atoms with Crippen molar-refractivity contribution in [3.05, 3.63) is 0 Å². The molecule has 0 bridgehead atoms. The fraction of sp³-hybridized carbons (Fsp3) is 0.909. The van der Waals surface area contributed by atoms with Crippen molar-refractivity contribution in [2.24, 2.45) is 5.92 Å². The third-order valence-corrected chi connectivity index (χ3v) is 3.06. The molecule has 0 aromatic carbocycles. The number of Topliss-reactive ketones (excluding diaryl/α,β-unsaturated/α-hetero) is 1. The van der Waals surface area contributed by atoms with Crippen molar-refractivity contribution in [1.29, 1.82) is 0 Å². The standard InChI is InChI=1S/C11H21NO/c1-4-8(2)11(13)10-7-5-6-9(3)12-10/h8-10,12H,4-7H2,1-3H3. The van der Waals surface area contributed by atoms with E-state index in [2.05, 4.69) is 19.2 Å². The lowest BCUT2D eigenvalue weighted by Gasteiger charge is -2.29. The van der Waals surface area contributed by atoms with Gasteiger partial charge in [0.05, 0.1) is 6.04 Å². The van der Waals surface area contributed by atoms with Gasteiger partial charge in [-0.25, -0.2) is 0 Å². The molecule has 0 aromatic rings. The molecule has 3 unspecified atom stereocenters. The van der Waals surface area contributed by atoms with Crippen LogP contribution in [-0.4, -0.2) is 17.9 Å². The average Bonchev–Trinajstić information content (AvgIpc) is 2.15. The summed E-state index contributed by atoms with van der Waals surface area (Å²) in [6.07, 6.45) is 4.41. The van der Waals surface area contributed by atoms with E-state index in [1.165, 1.54) is 12.8 Å². The summed E-state index contributed by atoms with van der Waals surface area (Å²) < 4.78 is 0. The fourth-order valence-corrected chi connectivity index (χ4v) is 1.91. The molecule has 2 heteroatoms. The molecular weight excluding hydrogens is 162 g/mol. The van der Waals surface area contributed by atoms with Gasteiger partial charge in [0.25, 0.3) is 0 Å². The number of piperidine rings is 1. The maximum atomic E-state index is 11.8. The molecule has 13 heavy (non-hydrogen) atoms. The highest BCUT2D eigenvalue weighted by atomic mass is 16.1. The van der Waals surface area contributed by atoms with Gasteiger partial charge in [0, 0.05) is 12.0 Å². The van der Waals surface area contributed by atoms with Crippen LogP contribution in [-0.2, 0) is 4.79 Å². The van der Waals surface area contributed by atoms with Gasteiger partial charge >= 0.3 is 0 Å². The molecule has 1 N–H and O–H groups in total. The number of ketones is 1. The number of nitrogens with one attached hydrogen (secondary N) is 1. The molecule has 0 radical (unpaired) electrons. The first-order chi connectivity index (χ1) is 6.15. The summed E-state index contributed by atoms with van der Waals surface area (Å²) in [6, 6.07) is 0.658. The van der Waals surface area contributed by atoms with Crippen molar-refractivity contribution < 1.29 is 4.79 Å². The Morgan fingerprint density at radius 3 is 2.77 bits per heavy atom. The monoisotopic (exact) mass is 183 g/mol. The van der Waals surface area contributed by atoms with Crippen molar-refractivity contribution in [3.63, 3.8) is 0 Å². The van der Waals surface area contributed by atoms with Crippen LogP contribution in [0.25, 0.3) is 0 Å². The molecule has 3 atom stereocenters. The Hall–Kier alpha value is -0.370. The predicted molar refractivity (Wildman–Crippen MR) is 54.7 cm³/mol. The van der Waals surface area contributed by atoms with Gasteiger partial charge in [-0.15, -0.1) is 0 Å². The van der Waals surface area contributed by atoms with Crippen LogP contribution in [0.1, 0.15) is 46.5 Å². The third kappa shape index (κ3) is 2.80. The van der Waals surface area contributed by atoms with Crippen LogP contribution in [0.3, 0.4) is 0 Å². The Bertz CT molecular complexity index is 179. The number of hydrogen-bond donors (Lipinski definition) is 1. The Labute approximate surface area is 81.1 Å². The van der Waals surface area contributed by atoms with E-state index in [1.54, 1.807) is 0 Å². The van der Waals surface area contributed by atoms with Crippen molar-refractivity contribution >= 4 is 5.78 Å². The lowest BCUT2D eigenvalue weighted by molar-refractivity contribution is -0.125. The Balaban J connectivity index is 2.46. The van der Waals surface area contributed by atoms with Crippen LogP contribution < -0.4 is 5.32 Å². The van der Waals surface area contributed by atoms with Gasteiger partial charge in [-0.2, -0.15) is 0 Å². The molecular formula is C11H21NO. The second-order valence-electron chi connectivity index (χ2n) is 4.26. The number of carbonyl (C=O) groups is 1. The van der Waals surface area contributed by atoms with Crippen LogP contribution in [0, 0.1) is 5.92 Å².